The Kier molecular flexibility index (Phi) is 6.39. The van der Waals surface area contributed by atoms with Crippen molar-refractivity contribution in [3.63, 3.8) is 0 Å². The second-order valence-electron chi connectivity index (χ2n) is 7.65. The first-order valence-electron chi connectivity index (χ1n) is 9.63. The molecule has 6 heteroatoms. The van der Waals surface area contributed by atoms with Crippen LogP contribution in [0.5, 0.6) is 5.75 Å². The maximum absolute atomic E-state index is 12.9. The molecule has 3 rings (SSSR count). The molecule has 1 atom stereocenters. The summed E-state index contributed by atoms with van der Waals surface area (Å²) in [6.07, 6.45) is 0.501. The van der Waals surface area contributed by atoms with Crippen molar-refractivity contribution in [3.8, 4) is 16.9 Å². The van der Waals surface area contributed by atoms with Crippen molar-refractivity contribution in [2.45, 2.75) is 26.3 Å². The van der Waals surface area contributed by atoms with Crippen molar-refractivity contribution >= 4 is 15.7 Å². The molecule has 0 aromatic heterocycles. The van der Waals surface area contributed by atoms with Crippen LogP contribution in [0.2, 0.25) is 0 Å². The van der Waals surface area contributed by atoms with Crippen molar-refractivity contribution in [2.24, 2.45) is 5.92 Å². The summed E-state index contributed by atoms with van der Waals surface area (Å²) < 4.78 is 29.6. The Morgan fingerprint density at radius 2 is 1.79 bits per heavy atom. The summed E-state index contributed by atoms with van der Waals surface area (Å²) in [5, 5.41) is 0. The lowest BCUT2D eigenvalue weighted by Crippen LogP contribution is -2.45. The summed E-state index contributed by atoms with van der Waals surface area (Å²) in [4.78, 5) is 14.6. The molecule has 0 aliphatic carbocycles. The summed E-state index contributed by atoms with van der Waals surface area (Å²) >= 11 is 0. The predicted molar refractivity (Wildman–Crippen MR) is 111 cm³/mol. The highest BCUT2D eigenvalue weighted by molar-refractivity contribution is 7.91. The smallest absolute Gasteiger partial charge is 0.260 e. The molecule has 1 heterocycles. The number of amides is 1. The lowest BCUT2D eigenvalue weighted by atomic mass is 10.1. The van der Waals surface area contributed by atoms with E-state index in [1.165, 1.54) is 0 Å². The van der Waals surface area contributed by atoms with Crippen molar-refractivity contribution in [2.75, 3.05) is 24.7 Å². The number of carbonyl (C=O) groups is 1. The van der Waals surface area contributed by atoms with Crippen LogP contribution >= 0.6 is 0 Å². The van der Waals surface area contributed by atoms with E-state index in [2.05, 4.69) is 0 Å². The third-order valence-electron chi connectivity index (χ3n) is 4.85. The van der Waals surface area contributed by atoms with Gasteiger partial charge in [-0.1, -0.05) is 62.4 Å². The van der Waals surface area contributed by atoms with Crippen LogP contribution in [-0.2, 0) is 14.6 Å². The highest BCUT2D eigenvalue weighted by atomic mass is 32.2. The molecule has 1 fully saturated rings. The molecule has 0 radical (unpaired) electrons. The van der Waals surface area contributed by atoms with E-state index in [1.807, 2.05) is 68.4 Å². The van der Waals surface area contributed by atoms with Gasteiger partial charge in [0.2, 0.25) is 0 Å². The van der Waals surface area contributed by atoms with Gasteiger partial charge in [-0.05, 0) is 24.0 Å². The lowest BCUT2D eigenvalue weighted by Gasteiger charge is -2.30. The second-order valence-corrected chi connectivity index (χ2v) is 9.88. The number of rotatable bonds is 7. The SMILES string of the molecule is CC(C)CN(C(=O)COc1ccccc1-c1ccccc1)C1CCS(=O)(=O)C1. The van der Waals surface area contributed by atoms with Crippen LogP contribution in [0.3, 0.4) is 0 Å². The van der Waals surface area contributed by atoms with Gasteiger partial charge >= 0.3 is 0 Å². The van der Waals surface area contributed by atoms with Crippen LogP contribution in [0.15, 0.2) is 54.6 Å². The molecule has 1 unspecified atom stereocenters. The highest BCUT2D eigenvalue weighted by Crippen LogP contribution is 2.29. The van der Waals surface area contributed by atoms with E-state index in [1.54, 1.807) is 4.90 Å². The standard InChI is InChI=1S/C22H27NO4S/c1-17(2)14-23(19-12-13-28(25,26)16-19)22(24)15-27-21-11-7-6-10-20(21)18-8-4-3-5-9-18/h3-11,17,19H,12-16H2,1-2H3. The molecule has 1 amide bonds. The van der Waals surface area contributed by atoms with Gasteiger partial charge in [-0.3, -0.25) is 4.79 Å². The van der Waals surface area contributed by atoms with Crippen LogP contribution in [0, 0.1) is 5.92 Å². The minimum absolute atomic E-state index is 0.0477. The van der Waals surface area contributed by atoms with Crippen molar-refractivity contribution in [1.82, 2.24) is 4.90 Å². The van der Waals surface area contributed by atoms with E-state index in [9.17, 15) is 13.2 Å². The van der Waals surface area contributed by atoms with Gasteiger partial charge in [0.15, 0.2) is 16.4 Å². The van der Waals surface area contributed by atoms with Gasteiger partial charge in [-0.25, -0.2) is 8.42 Å². The van der Waals surface area contributed by atoms with Gasteiger partial charge in [-0.2, -0.15) is 0 Å². The molecule has 0 N–H and O–H groups in total. The molecule has 2 aromatic rings. The quantitative estimate of drug-likeness (QED) is 0.713. The largest absolute Gasteiger partial charge is 0.483 e. The first-order chi connectivity index (χ1) is 13.4. The maximum Gasteiger partial charge on any atom is 0.260 e. The van der Waals surface area contributed by atoms with Gasteiger partial charge in [-0.15, -0.1) is 0 Å². The Balaban J connectivity index is 1.73. The number of nitrogens with zero attached hydrogens (tertiary/aromatic N) is 1. The molecule has 5 nitrogen and oxygen atoms in total. The number of carbonyl (C=O) groups excluding carboxylic acids is 1. The zero-order valence-corrected chi connectivity index (χ0v) is 17.2. The average Bonchev–Trinajstić information content (AvgIpc) is 3.04. The van der Waals surface area contributed by atoms with Crippen molar-refractivity contribution in [3.05, 3.63) is 54.6 Å². The summed E-state index contributed by atoms with van der Waals surface area (Å²) in [5.74, 6) is 0.927. The highest BCUT2D eigenvalue weighted by Gasteiger charge is 2.35. The van der Waals surface area contributed by atoms with E-state index in [0.29, 0.717) is 18.7 Å². The number of sulfone groups is 1. The van der Waals surface area contributed by atoms with Gasteiger partial charge in [0.1, 0.15) is 5.75 Å². The van der Waals surface area contributed by atoms with Crippen LogP contribution in [0.25, 0.3) is 11.1 Å². The monoisotopic (exact) mass is 401 g/mol. The van der Waals surface area contributed by atoms with Gasteiger partial charge in [0.25, 0.3) is 5.91 Å². The summed E-state index contributed by atoms with van der Waals surface area (Å²) in [6.45, 7) is 4.47. The molecule has 0 saturated carbocycles. The Bertz CT molecular complexity index is 909. The molecule has 0 bridgehead atoms. The Morgan fingerprint density at radius 3 is 2.43 bits per heavy atom. The summed E-state index contributed by atoms with van der Waals surface area (Å²) in [6, 6.07) is 17.2. The van der Waals surface area contributed by atoms with Crippen LogP contribution in [0.1, 0.15) is 20.3 Å². The Morgan fingerprint density at radius 1 is 1.11 bits per heavy atom. The zero-order chi connectivity index (χ0) is 20.1. The van der Waals surface area contributed by atoms with E-state index in [4.69, 9.17) is 4.74 Å². The molecular weight excluding hydrogens is 374 g/mol. The van der Waals surface area contributed by atoms with Gasteiger partial charge < -0.3 is 9.64 Å². The number of hydrogen-bond donors (Lipinski definition) is 0. The molecular formula is C22H27NO4S. The molecule has 1 saturated heterocycles. The molecule has 2 aromatic carbocycles. The normalized spacial score (nSPS) is 18.2. The third-order valence-corrected chi connectivity index (χ3v) is 6.60. The molecule has 1 aliphatic rings. The minimum Gasteiger partial charge on any atom is -0.483 e. The van der Waals surface area contributed by atoms with E-state index in [0.717, 1.165) is 11.1 Å². The average molecular weight is 402 g/mol. The first kappa shape index (κ1) is 20.4. The lowest BCUT2D eigenvalue weighted by molar-refractivity contribution is -0.135. The molecule has 1 aliphatic heterocycles. The number of hydrogen-bond acceptors (Lipinski definition) is 4. The molecule has 150 valence electrons. The number of ether oxygens (including phenoxy) is 1. The summed E-state index contributed by atoms with van der Waals surface area (Å²) in [7, 11) is -3.05. The fourth-order valence-corrected chi connectivity index (χ4v) is 5.27. The maximum atomic E-state index is 12.9. The van der Waals surface area contributed by atoms with Crippen LogP contribution in [0.4, 0.5) is 0 Å². The minimum atomic E-state index is -3.05. The molecule has 0 spiro atoms. The first-order valence-corrected chi connectivity index (χ1v) is 11.4. The van der Waals surface area contributed by atoms with Crippen LogP contribution < -0.4 is 4.74 Å². The predicted octanol–water partition coefficient (Wildman–Crippen LogP) is 3.40. The Labute approximate surface area is 167 Å². The van der Waals surface area contributed by atoms with Crippen molar-refractivity contribution in [1.29, 1.82) is 0 Å². The number of para-hydroxylation sites is 1. The van der Waals surface area contributed by atoms with Crippen LogP contribution in [-0.4, -0.2) is 49.9 Å². The molecule has 28 heavy (non-hydrogen) atoms. The van der Waals surface area contributed by atoms with E-state index in [-0.39, 0.29) is 36.0 Å². The Hall–Kier alpha value is -2.34. The van der Waals surface area contributed by atoms with E-state index >= 15 is 0 Å². The zero-order valence-electron chi connectivity index (χ0n) is 16.4. The fraction of sp³-hybridized carbons (Fsp3) is 0.409. The topological polar surface area (TPSA) is 63.7 Å². The van der Waals surface area contributed by atoms with E-state index < -0.39 is 9.84 Å². The fourth-order valence-electron chi connectivity index (χ4n) is 3.54. The number of benzene rings is 2. The third kappa shape index (κ3) is 5.13. The van der Waals surface area contributed by atoms with Gasteiger partial charge in [0.05, 0.1) is 11.5 Å². The summed E-state index contributed by atoms with van der Waals surface area (Å²) in [5.41, 5.74) is 1.95. The second kappa shape index (κ2) is 8.78. The van der Waals surface area contributed by atoms with Crippen molar-refractivity contribution < 1.29 is 17.9 Å². The van der Waals surface area contributed by atoms with Gasteiger partial charge in [0, 0.05) is 18.2 Å².